The number of carbonyl (C=O) groups is 1. The third-order valence-corrected chi connectivity index (χ3v) is 4.54. The van der Waals surface area contributed by atoms with Gasteiger partial charge in [-0.1, -0.05) is 18.2 Å². The van der Waals surface area contributed by atoms with E-state index >= 15 is 0 Å². The smallest absolute Gasteiger partial charge is 0.317 e. The first-order valence-electron chi connectivity index (χ1n) is 8.45. The summed E-state index contributed by atoms with van der Waals surface area (Å²) >= 11 is 0. The molecule has 138 valence electrons. The number of benzene rings is 2. The standard InChI is InChI=1S/C19H20F3N3O/c1-13(14-6-7-15(20)17(22)12-14)23-19(26)25-10-8-24(9-11-25)18-5-3-2-4-16(18)21/h2-7,12-13H,8-11H2,1H3,(H,23,26)/t13-/m0/s1. The Bertz CT molecular complexity index is 791. The average molecular weight is 363 g/mol. The van der Waals surface area contributed by atoms with E-state index in [0.717, 1.165) is 12.1 Å². The molecule has 1 heterocycles. The van der Waals surface area contributed by atoms with Crippen molar-refractivity contribution in [3.05, 3.63) is 65.5 Å². The number of anilines is 1. The minimum Gasteiger partial charge on any atom is -0.366 e. The van der Waals surface area contributed by atoms with Crippen molar-refractivity contribution >= 4 is 11.7 Å². The molecule has 2 aromatic carbocycles. The number of nitrogens with one attached hydrogen (secondary N) is 1. The van der Waals surface area contributed by atoms with E-state index in [0.29, 0.717) is 37.4 Å². The number of piperazine rings is 1. The number of hydrogen-bond donors (Lipinski definition) is 1. The first-order valence-corrected chi connectivity index (χ1v) is 8.45. The van der Waals surface area contributed by atoms with Gasteiger partial charge in [0, 0.05) is 26.2 Å². The Balaban J connectivity index is 1.56. The van der Waals surface area contributed by atoms with Crippen molar-refractivity contribution in [1.29, 1.82) is 0 Å². The molecular formula is C19H20F3N3O. The first kappa shape index (κ1) is 18.1. The number of para-hydroxylation sites is 1. The number of amides is 2. The summed E-state index contributed by atoms with van der Waals surface area (Å²) in [4.78, 5) is 15.9. The number of urea groups is 1. The van der Waals surface area contributed by atoms with Crippen molar-refractivity contribution in [2.24, 2.45) is 0 Å². The first-order chi connectivity index (χ1) is 12.5. The number of halogens is 3. The number of nitrogens with zero attached hydrogens (tertiary/aromatic N) is 2. The molecule has 4 nitrogen and oxygen atoms in total. The fraction of sp³-hybridized carbons (Fsp3) is 0.316. The maximum absolute atomic E-state index is 13.9. The summed E-state index contributed by atoms with van der Waals surface area (Å²) < 4.78 is 40.2. The molecule has 0 unspecified atom stereocenters. The normalized spacial score (nSPS) is 15.7. The second kappa shape index (κ2) is 7.68. The zero-order chi connectivity index (χ0) is 18.7. The molecule has 0 aromatic heterocycles. The van der Waals surface area contributed by atoms with E-state index in [2.05, 4.69) is 5.32 Å². The van der Waals surface area contributed by atoms with Gasteiger partial charge in [-0.25, -0.2) is 18.0 Å². The van der Waals surface area contributed by atoms with Crippen molar-refractivity contribution in [3.8, 4) is 0 Å². The SMILES string of the molecule is C[C@H](NC(=O)N1CCN(c2ccccc2F)CC1)c1ccc(F)c(F)c1. The Hall–Kier alpha value is -2.70. The highest BCUT2D eigenvalue weighted by molar-refractivity contribution is 5.75. The monoisotopic (exact) mass is 363 g/mol. The van der Waals surface area contributed by atoms with E-state index in [9.17, 15) is 18.0 Å². The van der Waals surface area contributed by atoms with Gasteiger partial charge in [0.05, 0.1) is 11.7 Å². The van der Waals surface area contributed by atoms with Gasteiger partial charge in [-0.3, -0.25) is 0 Å². The minimum atomic E-state index is -0.942. The fourth-order valence-electron chi connectivity index (χ4n) is 3.00. The average Bonchev–Trinajstić information content (AvgIpc) is 2.64. The maximum atomic E-state index is 13.9. The highest BCUT2D eigenvalue weighted by atomic mass is 19.2. The Morgan fingerprint density at radius 1 is 0.962 bits per heavy atom. The molecule has 1 N–H and O–H groups in total. The van der Waals surface area contributed by atoms with Gasteiger partial charge in [0.1, 0.15) is 5.82 Å². The molecule has 0 saturated carbocycles. The second-order valence-electron chi connectivity index (χ2n) is 6.27. The van der Waals surface area contributed by atoms with E-state index in [1.54, 1.807) is 30.0 Å². The van der Waals surface area contributed by atoms with Crippen molar-refractivity contribution in [2.75, 3.05) is 31.1 Å². The molecule has 0 bridgehead atoms. The summed E-state index contributed by atoms with van der Waals surface area (Å²) in [6.45, 7) is 3.65. The third-order valence-electron chi connectivity index (χ3n) is 4.54. The predicted octanol–water partition coefficient (Wildman–Crippen LogP) is 3.70. The molecule has 0 aliphatic carbocycles. The summed E-state index contributed by atoms with van der Waals surface area (Å²) in [7, 11) is 0. The molecule has 1 aliphatic heterocycles. The van der Waals surface area contributed by atoms with Crippen LogP contribution in [0.2, 0.25) is 0 Å². The predicted molar refractivity (Wildman–Crippen MR) is 93.5 cm³/mol. The Morgan fingerprint density at radius 3 is 2.31 bits per heavy atom. The zero-order valence-corrected chi connectivity index (χ0v) is 14.4. The highest BCUT2D eigenvalue weighted by Crippen LogP contribution is 2.21. The minimum absolute atomic E-state index is 0.280. The molecule has 2 amide bonds. The maximum Gasteiger partial charge on any atom is 0.317 e. The van der Waals surface area contributed by atoms with E-state index in [4.69, 9.17) is 0 Å². The molecule has 0 radical (unpaired) electrons. The van der Waals surface area contributed by atoms with Crippen molar-refractivity contribution in [3.63, 3.8) is 0 Å². The van der Waals surface area contributed by atoms with Crippen LogP contribution in [0, 0.1) is 17.5 Å². The van der Waals surface area contributed by atoms with Crippen molar-refractivity contribution in [2.45, 2.75) is 13.0 Å². The lowest BCUT2D eigenvalue weighted by Gasteiger charge is -2.36. The summed E-state index contributed by atoms with van der Waals surface area (Å²) in [5, 5.41) is 2.78. The second-order valence-corrected chi connectivity index (χ2v) is 6.27. The Kier molecular flexibility index (Phi) is 5.35. The van der Waals surface area contributed by atoms with Gasteiger partial charge < -0.3 is 15.1 Å². The molecule has 1 aliphatic rings. The fourth-order valence-corrected chi connectivity index (χ4v) is 3.00. The van der Waals surface area contributed by atoms with Gasteiger partial charge in [0.2, 0.25) is 0 Å². The molecule has 1 fully saturated rings. The van der Waals surface area contributed by atoms with Crippen LogP contribution in [0.3, 0.4) is 0 Å². The lowest BCUT2D eigenvalue weighted by Crippen LogP contribution is -2.52. The van der Waals surface area contributed by atoms with Crippen molar-refractivity contribution in [1.82, 2.24) is 10.2 Å². The summed E-state index contributed by atoms with van der Waals surface area (Å²) in [5.74, 6) is -2.14. The summed E-state index contributed by atoms with van der Waals surface area (Å²) in [6, 6.07) is 9.38. The van der Waals surface area contributed by atoms with Crippen LogP contribution < -0.4 is 10.2 Å². The molecule has 0 spiro atoms. The van der Waals surface area contributed by atoms with E-state index < -0.39 is 17.7 Å². The van der Waals surface area contributed by atoms with Gasteiger partial charge in [0.15, 0.2) is 11.6 Å². The van der Waals surface area contributed by atoms with Crippen LogP contribution in [0.5, 0.6) is 0 Å². The molecular weight excluding hydrogens is 343 g/mol. The lowest BCUT2D eigenvalue weighted by atomic mass is 10.1. The molecule has 2 aromatic rings. The number of rotatable bonds is 3. The Morgan fingerprint density at radius 2 is 1.65 bits per heavy atom. The van der Waals surface area contributed by atoms with E-state index in [1.807, 2.05) is 4.90 Å². The number of carbonyl (C=O) groups excluding carboxylic acids is 1. The number of hydrogen-bond acceptors (Lipinski definition) is 2. The topological polar surface area (TPSA) is 35.6 Å². The quantitative estimate of drug-likeness (QED) is 0.903. The highest BCUT2D eigenvalue weighted by Gasteiger charge is 2.24. The third kappa shape index (κ3) is 3.92. The van der Waals surface area contributed by atoms with E-state index in [-0.39, 0.29) is 11.8 Å². The van der Waals surface area contributed by atoms with Crippen LogP contribution in [0.25, 0.3) is 0 Å². The van der Waals surface area contributed by atoms with Gasteiger partial charge in [-0.05, 0) is 36.8 Å². The Labute approximate surface area is 150 Å². The van der Waals surface area contributed by atoms with Crippen LogP contribution >= 0.6 is 0 Å². The van der Waals surface area contributed by atoms with Gasteiger partial charge >= 0.3 is 6.03 Å². The zero-order valence-electron chi connectivity index (χ0n) is 14.4. The van der Waals surface area contributed by atoms with Gasteiger partial charge in [0.25, 0.3) is 0 Å². The summed E-state index contributed by atoms with van der Waals surface area (Å²) in [5.41, 5.74) is 1.02. The van der Waals surface area contributed by atoms with Crippen LogP contribution in [0.4, 0.5) is 23.7 Å². The van der Waals surface area contributed by atoms with Crippen LogP contribution in [-0.2, 0) is 0 Å². The van der Waals surface area contributed by atoms with Crippen molar-refractivity contribution < 1.29 is 18.0 Å². The molecule has 7 heteroatoms. The largest absolute Gasteiger partial charge is 0.366 e. The molecule has 26 heavy (non-hydrogen) atoms. The van der Waals surface area contributed by atoms with Gasteiger partial charge in [-0.15, -0.1) is 0 Å². The molecule has 1 atom stereocenters. The van der Waals surface area contributed by atoms with Crippen LogP contribution in [-0.4, -0.2) is 37.1 Å². The van der Waals surface area contributed by atoms with Crippen LogP contribution in [0.15, 0.2) is 42.5 Å². The lowest BCUT2D eigenvalue weighted by molar-refractivity contribution is 0.191. The summed E-state index contributed by atoms with van der Waals surface area (Å²) in [6.07, 6.45) is 0. The van der Waals surface area contributed by atoms with E-state index in [1.165, 1.54) is 12.1 Å². The molecule has 3 rings (SSSR count). The molecule has 1 saturated heterocycles. The van der Waals surface area contributed by atoms with Gasteiger partial charge in [-0.2, -0.15) is 0 Å². The van der Waals surface area contributed by atoms with Crippen LogP contribution in [0.1, 0.15) is 18.5 Å².